The van der Waals surface area contributed by atoms with Crippen molar-refractivity contribution in [1.82, 2.24) is 0 Å². The summed E-state index contributed by atoms with van der Waals surface area (Å²) in [5.74, 6) is -0.292. The Balaban J connectivity index is 2.91. The molecule has 0 saturated heterocycles. The van der Waals surface area contributed by atoms with Gasteiger partial charge in [0, 0.05) is 12.1 Å². The zero-order valence-corrected chi connectivity index (χ0v) is 11.9. The molecular weight excluding hydrogens is 251 g/mol. The van der Waals surface area contributed by atoms with Gasteiger partial charge in [0.25, 0.3) is 0 Å². The van der Waals surface area contributed by atoms with Crippen molar-refractivity contribution in [3.63, 3.8) is 0 Å². The highest BCUT2D eigenvalue weighted by atomic mass is 35.5. The van der Waals surface area contributed by atoms with Crippen LogP contribution in [0.2, 0.25) is 5.02 Å². The monoisotopic (exact) mass is 272 g/mol. The first kappa shape index (κ1) is 15.3. The van der Waals surface area contributed by atoms with Gasteiger partial charge in [0.15, 0.2) is 0 Å². The van der Waals surface area contributed by atoms with Crippen LogP contribution in [0.15, 0.2) is 18.2 Å². The molecule has 1 rings (SSSR count). The van der Waals surface area contributed by atoms with E-state index < -0.39 is 0 Å². The fraction of sp³-hybridized carbons (Fsp3) is 0.571. The summed E-state index contributed by atoms with van der Waals surface area (Å²) in [6, 6.07) is 4.35. The smallest absolute Gasteiger partial charge is 0.125 e. The van der Waals surface area contributed by atoms with Gasteiger partial charge in [-0.05, 0) is 31.0 Å². The van der Waals surface area contributed by atoms with Gasteiger partial charge in [-0.3, -0.25) is 0 Å². The fourth-order valence-electron chi connectivity index (χ4n) is 2.02. The van der Waals surface area contributed by atoms with E-state index in [-0.39, 0.29) is 11.4 Å². The number of nitrogens with two attached hydrogens (primary N) is 1. The molecule has 1 aromatic rings. The van der Waals surface area contributed by atoms with Crippen molar-refractivity contribution in [3.05, 3.63) is 29.0 Å². The van der Waals surface area contributed by atoms with Crippen molar-refractivity contribution >= 4 is 17.3 Å². The lowest BCUT2D eigenvalue weighted by Crippen LogP contribution is -2.45. The van der Waals surface area contributed by atoms with Gasteiger partial charge in [-0.25, -0.2) is 4.39 Å². The van der Waals surface area contributed by atoms with Gasteiger partial charge in [-0.15, -0.1) is 0 Å². The van der Waals surface area contributed by atoms with E-state index in [9.17, 15) is 4.39 Å². The van der Waals surface area contributed by atoms with Crippen molar-refractivity contribution in [2.75, 3.05) is 11.9 Å². The lowest BCUT2D eigenvalue weighted by Gasteiger charge is -2.34. The van der Waals surface area contributed by atoms with Crippen LogP contribution in [0.1, 0.15) is 39.5 Å². The van der Waals surface area contributed by atoms with Crippen molar-refractivity contribution in [3.8, 4) is 0 Å². The van der Waals surface area contributed by atoms with E-state index in [4.69, 9.17) is 17.3 Å². The van der Waals surface area contributed by atoms with E-state index in [2.05, 4.69) is 19.2 Å². The van der Waals surface area contributed by atoms with Crippen molar-refractivity contribution < 1.29 is 4.39 Å². The Kier molecular flexibility index (Phi) is 5.89. The van der Waals surface area contributed by atoms with Crippen LogP contribution < -0.4 is 11.1 Å². The second-order valence-electron chi connectivity index (χ2n) is 4.69. The molecule has 0 bridgehead atoms. The largest absolute Gasteiger partial charge is 0.377 e. The normalized spacial score (nSPS) is 14.3. The first-order chi connectivity index (χ1) is 8.56. The number of hydrogen-bond donors (Lipinski definition) is 2. The van der Waals surface area contributed by atoms with Crippen molar-refractivity contribution in [2.45, 2.75) is 45.1 Å². The van der Waals surface area contributed by atoms with E-state index in [0.717, 1.165) is 25.7 Å². The number of nitrogens with one attached hydrogen (secondary N) is 1. The number of rotatable bonds is 7. The predicted octanol–water partition coefficient (Wildman–Crippen LogP) is 4.19. The summed E-state index contributed by atoms with van der Waals surface area (Å²) in [5.41, 5.74) is 6.32. The predicted molar refractivity (Wildman–Crippen MR) is 76.6 cm³/mol. The van der Waals surface area contributed by atoms with Gasteiger partial charge < -0.3 is 11.1 Å². The van der Waals surface area contributed by atoms with Crippen molar-refractivity contribution in [2.24, 2.45) is 5.73 Å². The van der Waals surface area contributed by atoms with Crippen LogP contribution >= 0.6 is 11.6 Å². The second kappa shape index (κ2) is 6.95. The summed E-state index contributed by atoms with van der Waals surface area (Å²) < 4.78 is 13.3. The van der Waals surface area contributed by atoms with Crippen LogP contribution in [0.3, 0.4) is 0 Å². The minimum Gasteiger partial charge on any atom is -0.377 e. The van der Waals surface area contributed by atoms with Gasteiger partial charge in [0.1, 0.15) is 5.82 Å². The maximum absolute atomic E-state index is 13.3. The molecule has 0 aliphatic carbocycles. The molecule has 18 heavy (non-hydrogen) atoms. The summed E-state index contributed by atoms with van der Waals surface area (Å²) >= 11 is 6.08. The van der Waals surface area contributed by atoms with E-state index in [1.165, 1.54) is 12.1 Å². The molecule has 0 aliphatic heterocycles. The third-order valence-corrected chi connectivity index (χ3v) is 3.73. The lowest BCUT2D eigenvalue weighted by atomic mass is 9.89. The summed E-state index contributed by atoms with van der Waals surface area (Å²) in [6.45, 7) is 4.74. The molecule has 1 aromatic carbocycles. The van der Waals surface area contributed by atoms with Crippen molar-refractivity contribution in [1.29, 1.82) is 0 Å². The maximum atomic E-state index is 13.3. The summed E-state index contributed by atoms with van der Waals surface area (Å²) in [4.78, 5) is 0. The molecule has 0 spiro atoms. The Morgan fingerprint density at radius 3 is 2.67 bits per heavy atom. The van der Waals surface area contributed by atoms with Gasteiger partial charge in [0.05, 0.1) is 10.7 Å². The van der Waals surface area contributed by atoms with Crippen LogP contribution in [-0.2, 0) is 0 Å². The quantitative estimate of drug-likeness (QED) is 0.781. The van der Waals surface area contributed by atoms with Crippen LogP contribution in [-0.4, -0.2) is 12.1 Å². The fourth-order valence-corrected chi connectivity index (χ4v) is 2.18. The molecule has 0 aromatic heterocycles. The third-order valence-electron chi connectivity index (χ3n) is 3.40. The average Bonchev–Trinajstić information content (AvgIpc) is 2.39. The molecule has 0 radical (unpaired) electrons. The number of unbranched alkanes of at least 4 members (excludes halogenated alkanes) is 1. The van der Waals surface area contributed by atoms with Gasteiger partial charge in [-0.2, -0.15) is 0 Å². The van der Waals surface area contributed by atoms with Gasteiger partial charge in [0.2, 0.25) is 0 Å². The molecule has 0 saturated carbocycles. The van der Waals surface area contributed by atoms with Gasteiger partial charge in [-0.1, -0.05) is 38.3 Å². The molecule has 3 N–H and O–H groups in total. The van der Waals surface area contributed by atoms with Gasteiger partial charge >= 0.3 is 0 Å². The minimum absolute atomic E-state index is 0.201. The van der Waals surface area contributed by atoms with E-state index >= 15 is 0 Å². The Hall–Kier alpha value is -0.800. The lowest BCUT2D eigenvalue weighted by molar-refractivity contribution is 0.411. The molecule has 1 unspecified atom stereocenters. The summed E-state index contributed by atoms with van der Waals surface area (Å²) in [6.07, 6.45) is 4.05. The SMILES string of the molecule is CCCCC(CC)(CN)Nc1cc(F)ccc1Cl. The summed E-state index contributed by atoms with van der Waals surface area (Å²) in [7, 11) is 0. The zero-order valence-electron chi connectivity index (χ0n) is 11.1. The zero-order chi connectivity index (χ0) is 13.6. The topological polar surface area (TPSA) is 38.0 Å². The first-order valence-corrected chi connectivity index (χ1v) is 6.88. The molecular formula is C14H22ClFN2. The molecule has 2 nitrogen and oxygen atoms in total. The summed E-state index contributed by atoms with van der Waals surface area (Å²) in [5, 5.41) is 3.87. The van der Waals surface area contributed by atoms with E-state index in [1.54, 1.807) is 6.07 Å². The van der Waals surface area contributed by atoms with E-state index in [1.807, 2.05) is 0 Å². The number of halogens is 2. The van der Waals surface area contributed by atoms with Crippen LogP contribution in [0.5, 0.6) is 0 Å². The molecule has 0 heterocycles. The Morgan fingerprint density at radius 2 is 2.11 bits per heavy atom. The highest BCUT2D eigenvalue weighted by Crippen LogP contribution is 2.29. The highest BCUT2D eigenvalue weighted by molar-refractivity contribution is 6.33. The highest BCUT2D eigenvalue weighted by Gasteiger charge is 2.26. The first-order valence-electron chi connectivity index (χ1n) is 6.50. The molecule has 1 atom stereocenters. The standard InChI is InChI=1S/C14H22ClFN2/c1-3-5-8-14(4-2,10-17)18-13-9-11(16)6-7-12(13)15/h6-7,9,18H,3-5,8,10,17H2,1-2H3. The molecule has 0 aliphatic rings. The molecule has 102 valence electrons. The molecule has 4 heteroatoms. The molecule has 0 amide bonds. The third kappa shape index (κ3) is 3.85. The van der Waals surface area contributed by atoms with Crippen LogP contribution in [0, 0.1) is 5.82 Å². The maximum Gasteiger partial charge on any atom is 0.125 e. The minimum atomic E-state index is -0.292. The Labute approximate surface area is 114 Å². The average molecular weight is 273 g/mol. The Bertz CT molecular complexity index is 378. The van der Waals surface area contributed by atoms with Crippen LogP contribution in [0.25, 0.3) is 0 Å². The number of benzene rings is 1. The second-order valence-corrected chi connectivity index (χ2v) is 5.10. The Morgan fingerprint density at radius 1 is 1.39 bits per heavy atom. The van der Waals surface area contributed by atoms with E-state index in [0.29, 0.717) is 17.3 Å². The number of anilines is 1. The van der Waals surface area contributed by atoms with Crippen LogP contribution in [0.4, 0.5) is 10.1 Å². The number of hydrogen-bond acceptors (Lipinski definition) is 2. The molecule has 0 fully saturated rings.